The highest BCUT2D eigenvalue weighted by atomic mass is 19.4. The third-order valence-electron chi connectivity index (χ3n) is 1.71. The van der Waals surface area contributed by atoms with Crippen LogP contribution in [0.5, 0.6) is 0 Å². The smallest absolute Gasteiger partial charge is 0.166 e. The summed E-state index contributed by atoms with van der Waals surface area (Å²) in [5.41, 5.74) is -0.434. The quantitative estimate of drug-likeness (QED) is 0.630. The summed E-state index contributed by atoms with van der Waals surface area (Å²) >= 11 is 0. The van der Waals surface area contributed by atoms with E-state index in [1.54, 1.807) is 13.8 Å². The SMILES string of the molecule is CC(C)c1c#cccc1C(F)(F)F. The van der Waals surface area contributed by atoms with Gasteiger partial charge in [0.25, 0.3) is 0 Å². The van der Waals surface area contributed by atoms with Crippen LogP contribution in [0.3, 0.4) is 0 Å². The van der Waals surface area contributed by atoms with Crippen molar-refractivity contribution in [3.63, 3.8) is 0 Å². The minimum absolute atomic E-state index is 0.176. The Kier molecular flexibility index (Phi) is 2.51. The average Bonchev–Trinajstić information content (AvgIpc) is 2.03. The van der Waals surface area contributed by atoms with Crippen molar-refractivity contribution >= 4 is 0 Å². The molecule has 0 spiro atoms. The number of halogens is 3. The molecule has 0 amide bonds. The van der Waals surface area contributed by atoms with Gasteiger partial charge in [-0.05, 0) is 18.1 Å². The van der Waals surface area contributed by atoms with Gasteiger partial charge in [-0.15, -0.1) is 0 Å². The third-order valence-corrected chi connectivity index (χ3v) is 1.71. The molecule has 1 rings (SSSR count). The lowest BCUT2D eigenvalue weighted by atomic mass is 9.99. The zero-order chi connectivity index (χ0) is 10.1. The highest BCUT2D eigenvalue weighted by Gasteiger charge is 2.33. The first kappa shape index (κ1) is 9.91. The van der Waals surface area contributed by atoms with Crippen molar-refractivity contribution in [2.45, 2.75) is 25.9 Å². The van der Waals surface area contributed by atoms with E-state index in [1.807, 2.05) is 0 Å². The van der Waals surface area contributed by atoms with Gasteiger partial charge in [-0.2, -0.15) is 13.2 Å². The van der Waals surface area contributed by atoms with Crippen LogP contribution in [-0.2, 0) is 6.18 Å². The van der Waals surface area contributed by atoms with Gasteiger partial charge in [-0.3, -0.25) is 0 Å². The summed E-state index contributed by atoms with van der Waals surface area (Å²) in [7, 11) is 0. The van der Waals surface area contributed by atoms with Crippen molar-refractivity contribution in [1.82, 2.24) is 0 Å². The molecule has 1 aromatic rings. The summed E-state index contributed by atoms with van der Waals surface area (Å²) in [5.74, 6) is -0.186. The molecule has 0 unspecified atom stereocenters. The van der Waals surface area contributed by atoms with E-state index >= 15 is 0 Å². The Labute approximate surface area is 75.4 Å². The van der Waals surface area contributed by atoms with Gasteiger partial charge in [0, 0.05) is 5.56 Å². The Hall–Kier alpha value is -1.17. The Morgan fingerprint density at radius 2 is 1.92 bits per heavy atom. The molecule has 0 N–H and O–H groups in total. The lowest BCUT2D eigenvalue weighted by Crippen LogP contribution is -2.09. The van der Waals surface area contributed by atoms with E-state index in [4.69, 9.17) is 0 Å². The Balaban J connectivity index is 3.20. The maximum Gasteiger partial charge on any atom is 0.417 e. The van der Waals surface area contributed by atoms with Gasteiger partial charge < -0.3 is 0 Å². The number of rotatable bonds is 1. The van der Waals surface area contributed by atoms with E-state index < -0.39 is 11.7 Å². The van der Waals surface area contributed by atoms with Gasteiger partial charge in [0.15, 0.2) is 0 Å². The van der Waals surface area contributed by atoms with Crippen molar-refractivity contribution in [3.05, 3.63) is 35.4 Å². The van der Waals surface area contributed by atoms with Crippen molar-refractivity contribution in [2.75, 3.05) is 0 Å². The largest absolute Gasteiger partial charge is 0.417 e. The molecule has 0 radical (unpaired) electrons. The van der Waals surface area contributed by atoms with Crippen LogP contribution < -0.4 is 0 Å². The van der Waals surface area contributed by atoms with Gasteiger partial charge in [-0.1, -0.05) is 26.0 Å². The van der Waals surface area contributed by atoms with E-state index in [0.717, 1.165) is 6.07 Å². The molecule has 1 aromatic carbocycles. The lowest BCUT2D eigenvalue weighted by molar-refractivity contribution is -0.138. The van der Waals surface area contributed by atoms with Crippen LogP contribution in [0.15, 0.2) is 12.1 Å². The van der Waals surface area contributed by atoms with Crippen LogP contribution in [0.2, 0.25) is 0 Å². The molecule has 0 fully saturated rings. The van der Waals surface area contributed by atoms with Gasteiger partial charge in [0.1, 0.15) is 0 Å². The molecular formula is C10H9F3. The summed E-state index contributed by atoms with van der Waals surface area (Å²) in [6.07, 6.45) is -4.29. The molecule has 0 aromatic heterocycles. The van der Waals surface area contributed by atoms with E-state index in [9.17, 15) is 13.2 Å². The molecule has 0 heterocycles. The van der Waals surface area contributed by atoms with Crippen LogP contribution in [0.1, 0.15) is 30.9 Å². The minimum atomic E-state index is -4.29. The molecule has 0 atom stereocenters. The van der Waals surface area contributed by atoms with E-state index in [1.165, 1.54) is 6.07 Å². The molecule has 0 aliphatic rings. The van der Waals surface area contributed by atoms with E-state index in [-0.39, 0.29) is 11.5 Å². The van der Waals surface area contributed by atoms with Gasteiger partial charge in [0.05, 0.1) is 5.56 Å². The summed E-state index contributed by atoms with van der Waals surface area (Å²) in [6, 6.07) is 7.29. The maximum atomic E-state index is 12.4. The standard InChI is InChI=1S/C10H9F3/c1-7(2)8-5-3-4-6-9(8)10(11,12)13/h4,6-7H,1-2H3. The zero-order valence-electron chi connectivity index (χ0n) is 7.37. The number of hydrogen-bond acceptors (Lipinski definition) is 0. The van der Waals surface area contributed by atoms with Crippen LogP contribution in [0.4, 0.5) is 13.2 Å². The fourth-order valence-electron chi connectivity index (χ4n) is 1.10. The first-order valence-corrected chi connectivity index (χ1v) is 3.92. The Bertz CT molecular complexity index is 286. The van der Waals surface area contributed by atoms with Crippen molar-refractivity contribution in [2.24, 2.45) is 0 Å². The predicted octanol–water partition coefficient (Wildman–Crippen LogP) is 3.43. The minimum Gasteiger partial charge on any atom is -0.166 e. The summed E-state index contributed by atoms with van der Waals surface area (Å²) in [6.45, 7) is 3.41. The maximum absolute atomic E-state index is 12.4. The molecule has 0 saturated heterocycles. The van der Waals surface area contributed by atoms with Gasteiger partial charge >= 0.3 is 6.18 Å². The second-order valence-corrected chi connectivity index (χ2v) is 3.08. The number of hydrogen-bond donors (Lipinski definition) is 0. The average molecular weight is 186 g/mol. The highest BCUT2D eigenvalue weighted by molar-refractivity contribution is 5.28. The topological polar surface area (TPSA) is 0 Å². The molecule has 3 heteroatoms. The monoisotopic (exact) mass is 186 g/mol. The third kappa shape index (κ3) is 2.15. The van der Waals surface area contributed by atoms with Crippen molar-refractivity contribution in [1.29, 1.82) is 0 Å². The molecule has 0 nitrogen and oxygen atoms in total. The van der Waals surface area contributed by atoms with Gasteiger partial charge in [0.2, 0.25) is 0 Å². The van der Waals surface area contributed by atoms with Crippen LogP contribution in [-0.4, -0.2) is 0 Å². The second-order valence-electron chi connectivity index (χ2n) is 3.08. The summed E-state index contributed by atoms with van der Waals surface area (Å²) in [5, 5.41) is 0. The lowest BCUT2D eigenvalue weighted by Gasteiger charge is -2.12. The van der Waals surface area contributed by atoms with Crippen LogP contribution in [0, 0.1) is 12.1 Å². The molecule has 0 aliphatic heterocycles. The fourth-order valence-corrected chi connectivity index (χ4v) is 1.10. The van der Waals surface area contributed by atoms with Gasteiger partial charge in [-0.25, -0.2) is 0 Å². The van der Waals surface area contributed by atoms with Crippen LogP contribution >= 0.6 is 0 Å². The Morgan fingerprint density at radius 1 is 1.31 bits per heavy atom. The predicted molar refractivity (Wildman–Crippen MR) is 43.2 cm³/mol. The molecular weight excluding hydrogens is 177 g/mol. The Morgan fingerprint density at radius 3 is 2.31 bits per heavy atom. The second kappa shape index (κ2) is 3.29. The normalized spacial score (nSPS) is 11.5. The van der Waals surface area contributed by atoms with E-state index in [0.29, 0.717) is 0 Å². The van der Waals surface area contributed by atoms with Crippen molar-refractivity contribution < 1.29 is 13.2 Å². The summed E-state index contributed by atoms with van der Waals surface area (Å²) in [4.78, 5) is 0. The van der Waals surface area contributed by atoms with Crippen LogP contribution in [0.25, 0.3) is 0 Å². The molecule has 0 bridgehead atoms. The molecule has 13 heavy (non-hydrogen) atoms. The van der Waals surface area contributed by atoms with Crippen molar-refractivity contribution in [3.8, 4) is 0 Å². The zero-order valence-corrected chi connectivity index (χ0v) is 7.37. The molecule has 0 aliphatic carbocycles. The number of alkyl halides is 3. The fraction of sp³-hybridized carbons (Fsp3) is 0.400. The highest BCUT2D eigenvalue weighted by Crippen LogP contribution is 2.33. The molecule has 70 valence electrons. The van der Waals surface area contributed by atoms with E-state index in [2.05, 4.69) is 12.1 Å². The molecule has 0 saturated carbocycles. The summed E-state index contributed by atoms with van der Waals surface area (Å²) < 4.78 is 37.1. The first-order chi connectivity index (χ1) is 5.93. The first-order valence-electron chi connectivity index (χ1n) is 3.92.